The summed E-state index contributed by atoms with van der Waals surface area (Å²) in [5, 5.41) is 0. The van der Waals surface area contributed by atoms with Gasteiger partial charge >= 0.3 is 10.2 Å². The Hall–Kier alpha value is -0.920. The first-order chi connectivity index (χ1) is 9.89. The molecular weight excluding hydrogens is 297 g/mol. The summed E-state index contributed by atoms with van der Waals surface area (Å²) in [6.07, 6.45) is 2.27. The van der Waals surface area contributed by atoms with Crippen molar-refractivity contribution < 1.29 is 21.5 Å². The molecule has 1 aliphatic rings. The number of aryl methyl sites for hydroxylation is 1. The number of furan rings is 1. The third kappa shape index (κ3) is 5.41. The summed E-state index contributed by atoms with van der Waals surface area (Å²) in [5.41, 5.74) is 0. The second kappa shape index (κ2) is 6.89. The van der Waals surface area contributed by atoms with Gasteiger partial charge < -0.3 is 9.15 Å². The number of hydrogen-bond acceptors (Lipinski definition) is 5. The van der Waals surface area contributed by atoms with Gasteiger partial charge in [-0.25, -0.2) is 0 Å². The molecular formula is C14H22FNO4S. The van der Waals surface area contributed by atoms with Crippen LogP contribution in [0.15, 0.2) is 16.5 Å². The average Bonchev–Trinajstić information content (AvgIpc) is 3.11. The van der Waals surface area contributed by atoms with Crippen LogP contribution in [-0.2, 0) is 15.0 Å². The van der Waals surface area contributed by atoms with Crippen molar-refractivity contribution in [1.29, 1.82) is 0 Å². The first-order valence-corrected chi connectivity index (χ1v) is 8.66. The van der Waals surface area contributed by atoms with Gasteiger partial charge in [-0.3, -0.25) is 4.90 Å². The van der Waals surface area contributed by atoms with Crippen molar-refractivity contribution in [2.75, 3.05) is 32.6 Å². The van der Waals surface area contributed by atoms with Gasteiger partial charge in [0.1, 0.15) is 11.5 Å². The average molecular weight is 319 g/mol. The van der Waals surface area contributed by atoms with Crippen molar-refractivity contribution in [2.24, 2.45) is 5.92 Å². The molecule has 0 N–H and O–H groups in total. The van der Waals surface area contributed by atoms with Gasteiger partial charge in [-0.2, -0.15) is 8.42 Å². The fraction of sp³-hybridized carbons (Fsp3) is 0.714. The highest BCUT2D eigenvalue weighted by molar-refractivity contribution is 7.86. The maximum Gasteiger partial charge on any atom is 0.303 e. The minimum absolute atomic E-state index is 0.142. The fourth-order valence-electron chi connectivity index (χ4n) is 2.39. The van der Waals surface area contributed by atoms with Crippen LogP contribution in [0, 0.1) is 12.8 Å². The van der Waals surface area contributed by atoms with Crippen LogP contribution in [-0.4, -0.2) is 45.9 Å². The molecule has 21 heavy (non-hydrogen) atoms. The van der Waals surface area contributed by atoms with Crippen LogP contribution < -0.4 is 0 Å². The minimum Gasteiger partial charge on any atom is -0.465 e. The summed E-state index contributed by atoms with van der Waals surface area (Å²) in [4.78, 5) is 1.95. The van der Waals surface area contributed by atoms with Gasteiger partial charge in [-0.1, -0.05) is 0 Å². The van der Waals surface area contributed by atoms with Crippen LogP contribution in [0.1, 0.15) is 30.4 Å². The molecule has 0 bridgehead atoms. The van der Waals surface area contributed by atoms with Gasteiger partial charge in [0.25, 0.3) is 0 Å². The molecule has 0 aliphatic heterocycles. The van der Waals surface area contributed by atoms with Gasteiger partial charge in [-0.15, -0.1) is 3.89 Å². The van der Waals surface area contributed by atoms with E-state index in [4.69, 9.17) is 9.15 Å². The molecule has 1 saturated carbocycles. The van der Waals surface area contributed by atoms with E-state index in [1.54, 1.807) is 7.11 Å². The monoisotopic (exact) mass is 319 g/mol. The molecule has 1 aromatic rings. The third-order valence-corrected chi connectivity index (χ3v) is 4.34. The largest absolute Gasteiger partial charge is 0.465 e. The van der Waals surface area contributed by atoms with E-state index in [0.717, 1.165) is 30.9 Å². The molecule has 0 saturated heterocycles. The molecule has 5 nitrogen and oxygen atoms in total. The van der Waals surface area contributed by atoms with E-state index in [1.807, 2.05) is 24.0 Å². The number of ether oxygens (including phenoxy) is 1. The van der Waals surface area contributed by atoms with Crippen molar-refractivity contribution in [3.8, 4) is 0 Å². The van der Waals surface area contributed by atoms with E-state index in [1.165, 1.54) is 0 Å². The zero-order valence-electron chi connectivity index (χ0n) is 12.4. The lowest BCUT2D eigenvalue weighted by Crippen LogP contribution is -2.36. The highest BCUT2D eigenvalue weighted by Gasteiger charge is 2.31. The summed E-state index contributed by atoms with van der Waals surface area (Å²) >= 11 is 0. The van der Waals surface area contributed by atoms with Gasteiger partial charge in [0.15, 0.2) is 0 Å². The Kier molecular flexibility index (Phi) is 5.40. The quantitative estimate of drug-likeness (QED) is 0.654. The van der Waals surface area contributed by atoms with Crippen LogP contribution in [0.3, 0.4) is 0 Å². The summed E-state index contributed by atoms with van der Waals surface area (Å²) in [6.45, 7) is 3.11. The van der Waals surface area contributed by atoms with Crippen molar-refractivity contribution in [3.05, 3.63) is 23.7 Å². The molecule has 0 radical (unpaired) electrons. The third-order valence-electron chi connectivity index (χ3n) is 3.67. The van der Waals surface area contributed by atoms with Crippen molar-refractivity contribution in [2.45, 2.75) is 25.8 Å². The lowest BCUT2D eigenvalue weighted by atomic mass is 10.2. The second-order valence-electron chi connectivity index (χ2n) is 5.60. The van der Waals surface area contributed by atoms with E-state index >= 15 is 0 Å². The van der Waals surface area contributed by atoms with Crippen molar-refractivity contribution in [1.82, 2.24) is 4.90 Å². The number of methoxy groups -OCH3 is 1. The van der Waals surface area contributed by atoms with Crippen LogP contribution in [0.25, 0.3) is 0 Å². The predicted octanol–water partition coefficient (Wildman–Crippen LogP) is 2.29. The predicted molar refractivity (Wildman–Crippen MR) is 77.3 cm³/mol. The van der Waals surface area contributed by atoms with Gasteiger partial charge in [-0.05, 0) is 37.8 Å². The topological polar surface area (TPSA) is 59.8 Å². The summed E-state index contributed by atoms with van der Waals surface area (Å²) < 4.78 is 45.4. The number of nitrogens with zero attached hydrogens (tertiary/aromatic N) is 1. The summed E-state index contributed by atoms with van der Waals surface area (Å²) in [5.74, 6) is 1.57. The van der Waals surface area contributed by atoms with E-state index in [9.17, 15) is 12.3 Å². The first kappa shape index (κ1) is 16.5. The normalized spacial score (nSPS) is 17.3. The molecule has 7 heteroatoms. The number of rotatable bonds is 9. The summed E-state index contributed by atoms with van der Waals surface area (Å²) in [6, 6.07) is 3.54. The van der Waals surface area contributed by atoms with Gasteiger partial charge in [0.05, 0.1) is 18.4 Å². The molecule has 1 heterocycles. The Morgan fingerprint density at radius 3 is 2.67 bits per heavy atom. The molecule has 0 aromatic carbocycles. The molecule has 1 atom stereocenters. The molecule has 1 aromatic heterocycles. The summed E-state index contributed by atoms with van der Waals surface area (Å²) in [7, 11) is -2.89. The lowest BCUT2D eigenvalue weighted by Gasteiger charge is -2.29. The Balaban J connectivity index is 2.12. The van der Waals surface area contributed by atoms with Gasteiger partial charge in [0.2, 0.25) is 0 Å². The molecule has 0 amide bonds. The fourth-order valence-corrected chi connectivity index (χ4v) is 2.84. The van der Waals surface area contributed by atoms with Gasteiger partial charge in [0, 0.05) is 20.2 Å². The first-order valence-electron chi connectivity index (χ1n) is 7.10. The minimum atomic E-state index is -4.47. The number of halogens is 1. The molecule has 1 fully saturated rings. The smallest absolute Gasteiger partial charge is 0.303 e. The molecule has 2 rings (SSSR count). The molecule has 0 spiro atoms. The Bertz CT molecular complexity index is 553. The Morgan fingerprint density at radius 2 is 2.19 bits per heavy atom. The van der Waals surface area contributed by atoms with Crippen LogP contribution in [0.2, 0.25) is 0 Å². The standard InChI is InChI=1S/C14H22FNO4S/c1-11-3-6-14(20-11)13(10-19-2)16(9-12-4-5-12)7-8-21(15,17)18/h3,6,12-13H,4-5,7-10H2,1-2H3. The maximum atomic E-state index is 12.8. The molecule has 120 valence electrons. The van der Waals surface area contributed by atoms with Crippen LogP contribution >= 0.6 is 0 Å². The molecule has 1 aliphatic carbocycles. The molecule has 1 unspecified atom stereocenters. The van der Waals surface area contributed by atoms with E-state index < -0.39 is 16.0 Å². The maximum absolute atomic E-state index is 12.8. The van der Waals surface area contributed by atoms with Crippen molar-refractivity contribution in [3.63, 3.8) is 0 Å². The second-order valence-corrected chi connectivity index (χ2v) is 7.09. The Morgan fingerprint density at radius 1 is 1.48 bits per heavy atom. The lowest BCUT2D eigenvalue weighted by molar-refractivity contribution is 0.0773. The van der Waals surface area contributed by atoms with Crippen LogP contribution in [0.5, 0.6) is 0 Å². The Labute approximate surface area is 125 Å². The number of hydrogen-bond donors (Lipinski definition) is 0. The highest BCUT2D eigenvalue weighted by Crippen LogP contribution is 2.33. The van der Waals surface area contributed by atoms with E-state index in [0.29, 0.717) is 12.5 Å². The zero-order valence-corrected chi connectivity index (χ0v) is 13.2. The van der Waals surface area contributed by atoms with Crippen molar-refractivity contribution >= 4 is 10.2 Å². The SMILES string of the molecule is COCC(c1ccc(C)o1)N(CCS(=O)(=O)F)CC1CC1. The van der Waals surface area contributed by atoms with E-state index in [2.05, 4.69) is 0 Å². The van der Waals surface area contributed by atoms with Crippen LogP contribution in [0.4, 0.5) is 3.89 Å². The zero-order chi connectivity index (χ0) is 15.5. The highest BCUT2D eigenvalue weighted by atomic mass is 32.3. The van der Waals surface area contributed by atoms with E-state index in [-0.39, 0.29) is 12.6 Å².